The largest absolute Gasteiger partial charge is 2.00 e. The molecule has 0 spiro atoms. The Hall–Kier alpha value is 1.50. The van der Waals surface area contributed by atoms with Crippen molar-refractivity contribution in [3.63, 3.8) is 0 Å². The van der Waals surface area contributed by atoms with Gasteiger partial charge in [-0.2, -0.15) is 0 Å². The smallest absolute Gasteiger partial charge is 0.746 e. The Kier molecular flexibility index (Phi) is 12.4. The topological polar surface area (TPSA) is 114 Å². The Morgan fingerprint density at radius 2 is 0.800 bits per heavy atom. The van der Waals surface area contributed by atoms with Crippen LogP contribution in [0.2, 0.25) is 0 Å². The monoisotopic (exact) mass is 389 g/mol. The Labute approximate surface area is 117 Å². The minimum Gasteiger partial charge on any atom is -0.746 e. The van der Waals surface area contributed by atoms with Gasteiger partial charge in [0.1, 0.15) is 20.2 Å². The first kappa shape index (κ1) is 21.8. The summed E-state index contributed by atoms with van der Waals surface area (Å²) >= 11 is 18.5. The summed E-state index contributed by atoms with van der Waals surface area (Å²) < 4.78 is 53.4. The first-order chi connectivity index (χ1) is 5.89. The van der Waals surface area contributed by atoms with Crippen LogP contribution >= 0.6 is 46.4 Å². The van der Waals surface area contributed by atoms with Gasteiger partial charge in [0.2, 0.25) is 0 Å². The molecule has 0 amide bonds. The van der Waals surface area contributed by atoms with Crippen LogP contribution in [0.4, 0.5) is 0 Å². The second-order valence-electron chi connectivity index (χ2n) is 1.51. The van der Waals surface area contributed by atoms with Crippen molar-refractivity contribution in [3.8, 4) is 0 Å². The molecule has 0 saturated carbocycles. The molecule has 0 aromatic rings. The van der Waals surface area contributed by atoms with Gasteiger partial charge in [-0.3, -0.25) is 0 Å². The van der Waals surface area contributed by atoms with E-state index in [0.717, 1.165) is 0 Å². The average Bonchev–Trinajstić information content (AvgIpc) is 1.83. The third-order valence-corrected chi connectivity index (χ3v) is 3.93. The van der Waals surface area contributed by atoms with Crippen molar-refractivity contribution in [2.24, 2.45) is 0 Å². The van der Waals surface area contributed by atoms with E-state index in [9.17, 15) is 25.9 Å². The number of halogens is 4. The first-order valence-electron chi connectivity index (χ1n) is 2.34. The predicted octanol–water partition coefficient (Wildman–Crippen LogP) is 0.583. The van der Waals surface area contributed by atoms with Gasteiger partial charge in [0.25, 0.3) is 0 Å². The van der Waals surface area contributed by atoms with Crippen molar-refractivity contribution in [1.82, 2.24) is 0 Å². The fraction of sp³-hybridized carbons (Fsp3) is 1.00. The Morgan fingerprint density at radius 3 is 0.800 bits per heavy atom. The van der Waals surface area contributed by atoms with Crippen LogP contribution in [0, 0.1) is 0 Å². The molecule has 15 heavy (non-hydrogen) atoms. The van der Waals surface area contributed by atoms with Crippen molar-refractivity contribution in [3.05, 3.63) is 0 Å². The molecule has 1 radical (unpaired) electrons. The first-order valence-corrected chi connectivity index (χ1v) is 7.03. The molecule has 0 fully saturated rings. The maximum atomic E-state index is 9.51. The minimum atomic E-state index is -4.46. The van der Waals surface area contributed by atoms with Gasteiger partial charge in [0.15, 0.2) is 8.34 Å². The molecule has 0 N–H and O–H groups in total. The molecule has 6 nitrogen and oxygen atoms in total. The normalized spacial score (nSPS) is 11.7. The summed E-state index contributed by atoms with van der Waals surface area (Å²) in [5, 5.41) is 0. The molecule has 0 unspecified atom stereocenters. The Bertz CT molecular complexity index is 311. The van der Waals surface area contributed by atoms with Crippen LogP contribution in [-0.4, -0.2) is 34.3 Å². The molecule has 13 heteroatoms. The summed E-state index contributed by atoms with van der Waals surface area (Å²) in [6, 6.07) is 0. The maximum Gasteiger partial charge on any atom is 2.00 e. The number of rotatable bonds is 2. The summed E-state index contributed by atoms with van der Waals surface area (Å²) in [7, 11) is -8.92. The molecular weight excluding hydrogens is 390 g/mol. The number of hydrogen-bond acceptors (Lipinski definition) is 6. The van der Waals surface area contributed by atoms with Gasteiger partial charge in [-0.15, -0.1) is 0 Å². The van der Waals surface area contributed by atoms with Crippen LogP contribution in [0.3, 0.4) is 0 Å². The number of hydrogen-bond donors (Lipinski definition) is 0. The molecule has 0 heterocycles. The molecule has 0 aliphatic heterocycles. The van der Waals surface area contributed by atoms with Gasteiger partial charge in [-0.05, 0) is 0 Å². The van der Waals surface area contributed by atoms with E-state index in [1.54, 1.807) is 0 Å². The van der Waals surface area contributed by atoms with E-state index in [1.807, 2.05) is 0 Å². The number of alkyl halides is 4. The average molecular weight is 392 g/mol. The van der Waals surface area contributed by atoms with E-state index in [2.05, 4.69) is 46.4 Å². The molecule has 97 valence electrons. The molecule has 0 aromatic carbocycles. The molecule has 0 aliphatic carbocycles. The molecular formula is C2H2Cl4CuO6S2. The molecule has 0 saturated heterocycles. The molecule has 0 aliphatic rings. The van der Waals surface area contributed by atoms with E-state index in [1.165, 1.54) is 0 Å². The summed E-state index contributed by atoms with van der Waals surface area (Å²) in [6.45, 7) is 0. The van der Waals surface area contributed by atoms with Crippen molar-refractivity contribution in [2.75, 3.05) is 0 Å². The zero-order valence-electron chi connectivity index (χ0n) is 6.23. The third-order valence-electron chi connectivity index (χ3n) is 0.436. The zero-order chi connectivity index (χ0) is 12.2. The summed E-state index contributed by atoms with van der Waals surface area (Å²) in [4.78, 5) is 0. The summed E-state index contributed by atoms with van der Waals surface area (Å²) in [6.07, 6.45) is 0. The van der Waals surface area contributed by atoms with Gasteiger partial charge in [0.05, 0.1) is 0 Å². The second kappa shape index (κ2) is 8.57. The van der Waals surface area contributed by atoms with Gasteiger partial charge in [0, 0.05) is 0 Å². The van der Waals surface area contributed by atoms with Gasteiger partial charge in [-0.1, -0.05) is 46.4 Å². The molecule has 0 aromatic heterocycles. The fourth-order valence-corrected chi connectivity index (χ4v) is 0. The summed E-state index contributed by atoms with van der Waals surface area (Å²) in [5.74, 6) is 0. The standard InChI is InChI=1S/2CH2Cl2O3S.Cu/c2*2-1(3)7(4,5)6;/h2*1H,(H,4,5,6);/q;;+2/p-2. The van der Waals surface area contributed by atoms with E-state index in [0.29, 0.717) is 0 Å². The van der Waals surface area contributed by atoms with Crippen LogP contribution in [0.5, 0.6) is 0 Å². The zero-order valence-corrected chi connectivity index (χ0v) is 11.8. The van der Waals surface area contributed by atoms with Gasteiger partial charge in [-0.25, -0.2) is 16.8 Å². The van der Waals surface area contributed by atoms with Crippen molar-refractivity contribution in [2.45, 2.75) is 8.34 Å². The van der Waals surface area contributed by atoms with Gasteiger partial charge >= 0.3 is 17.1 Å². The van der Waals surface area contributed by atoms with Crippen molar-refractivity contribution < 1.29 is 43.0 Å². The van der Waals surface area contributed by atoms with Crippen LogP contribution < -0.4 is 0 Å². The predicted molar refractivity (Wildman–Crippen MR) is 50.4 cm³/mol. The van der Waals surface area contributed by atoms with Crippen LogP contribution in [0.1, 0.15) is 0 Å². The Morgan fingerprint density at radius 1 is 0.733 bits per heavy atom. The SMILES string of the molecule is O=S(=O)([O-])C(Cl)Cl.O=S(=O)([O-])C(Cl)Cl.[Cu+2]. The maximum absolute atomic E-state index is 9.51. The fourth-order valence-electron chi connectivity index (χ4n) is 0. The van der Waals surface area contributed by atoms with Crippen LogP contribution in [0.25, 0.3) is 0 Å². The van der Waals surface area contributed by atoms with Crippen molar-refractivity contribution in [1.29, 1.82) is 0 Å². The third kappa shape index (κ3) is 15.5. The summed E-state index contributed by atoms with van der Waals surface area (Å²) in [5.41, 5.74) is 0. The van der Waals surface area contributed by atoms with E-state index in [-0.39, 0.29) is 17.1 Å². The van der Waals surface area contributed by atoms with Crippen LogP contribution in [0.15, 0.2) is 0 Å². The quantitative estimate of drug-likeness (QED) is 0.386. The molecule has 0 atom stereocenters. The van der Waals surface area contributed by atoms with Crippen molar-refractivity contribution >= 4 is 66.6 Å². The van der Waals surface area contributed by atoms with E-state index in [4.69, 9.17) is 0 Å². The Balaban J connectivity index is -0.000000180. The second-order valence-corrected chi connectivity index (χ2v) is 7.65. The van der Waals surface area contributed by atoms with E-state index < -0.39 is 28.6 Å². The van der Waals surface area contributed by atoms with Crippen LogP contribution in [-0.2, 0) is 37.3 Å². The molecule has 0 bridgehead atoms. The van der Waals surface area contributed by atoms with E-state index >= 15 is 0 Å². The van der Waals surface area contributed by atoms with Gasteiger partial charge < -0.3 is 9.11 Å². The minimum absolute atomic E-state index is 0. The molecule has 0 rings (SSSR count).